The van der Waals surface area contributed by atoms with Gasteiger partial charge >= 0.3 is 0 Å². The highest BCUT2D eigenvalue weighted by molar-refractivity contribution is 5.78. The largest absolute Gasteiger partial charge is 0.306 e. The molecule has 0 unspecified atom stereocenters. The summed E-state index contributed by atoms with van der Waals surface area (Å²) in [6, 6.07) is 15.5. The van der Waals surface area contributed by atoms with Gasteiger partial charge in [-0.2, -0.15) is 0 Å². The Morgan fingerprint density at radius 2 is 1.75 bits per heavy atom. The third-order valence-corrected chi connectivity index (χ3v) is 3.14. The summed E-state index contributed by atoms with van der Waals surface area (Å²) in [5, 5.41) is 0.611. The monoisotopic (exact) mass is 262 g/mol. The van der Waals surface area contributed by atoms with Crippen molar-refractivity contribution in [2.24, 2.45) is 0 Å². The van der Waals surface area contributed by atoms with Crippen molar-refractivity contribution in [3.05, 3.63) is 75.8 Å². The molecular weight excluding hydrogens is 248 g/mol. The first-order chi connectivity index (χ1) is 9.72. The maximum Gasteiger partial charge on any atom is 0.259 e. The Morgan fingerprint density at radius 3 is 2.55 bits per heavy atom. The molecule has 0 bridgehead atoms. The van der Waals surface area contributed by atoms with E-state index in [-0.39, 0.29) is 5.56 Å². The van der Waals surface area contributed by atoms with Crippen LogP contribution in [0.25, 0.3) is 23.1 Å². The minimum atomic E-state index is -0.112. The fourth-order valence-corrected chi connectivity index (χ4v) is 2.04. The Hall–Kier alpha value is -2.68. The second kappa shape index (κ2) is 5.13. The molecule has 0 saturated heterocycles. The molecule has 3 heteroatoms. The van der Waals surface area contributed by atoms with Crippen molar-refractivity contribution in [2.45, 2.75) is 6.92 Å². The van der Waals surface area contributed by atoms with Gasteiger partial charge in [0.2, 0.25) is 0 Å². The van der Waals surface area contributed by atoms with E-state index in [0.29, 0.717) is 16.7 Å². The molecule has 2 aromatic carbocycles. The van der Waals surface area contributed by atoms with Crippen LogP contribution in [0.3, 0.4) is 0 Å². The molecule has 3 nitrogen and oxygen atoms in total. The highest BCUT2D eigenvalue weighted by Gasteiger charge is 2.00. The number of aromatic nitrogens is 2. The number of para-hydroxylation sites is 1. The van der Waals surface area contributed by atoms with Crippen LogP contribution in [0.4, 0.5) is 0 Å². The molecule has 0 aliphatic carbocycles. The van der Waals surface area contributed by atoms with Gasteiger partial charge in [-0.1, -0.05) is 48.0 Å². The maximum absolute atomic E-state index is 11.9. The van der Waals surface area contributed by atoms with Crippen molar-refractivity contribution in [1.82, 2.24) is 9.97 Å². The van der Waals surface area contributed by atoms with E-state index >= 15 is 0 Å². The van der Waals surface area contributed by atoms with E-state index in [1.165, 1.54) is 5.56 Å². The summed E-state index contributed by atoms with van der Waals surface area (Å²) in [5.41, 5.74) is 2.89. The van der Waals surface area contributed by atoms with Crippen LogP contribution in [-0.2, 0) is 0 Å². The first-order valence-electron chi connectivity index (χ1n) is 6.46. The highest BCUT2D eigenvalue weighted by Crippen LogP contribution is 2.09. The van der Waals surface area contributed by atoms with Crippen LogP contribution in [0.5, 0.6) is 0 Å². The average molecular weight is 262 g/mol. The third-order valence-electron chi connectivity index (χ3n) is 3.14. The van der Waals surface area contributed by atoms with E-state index in [1.54, 1.807) is 6.07 Å². The number of nitrogens with one attached hydrogen (secondary N) is 1. The minimum Gasteiger partial charge on any atom is -0.306 e. The lowest BCUT2D eigenvalue weighted by atomic mass is 10.1. The molecule has 0 aliphatic rings. The molecule has 0 saturated carbocycles. The lowest BCUT2D eigenvalue weighted by Crippen LogP contribution is -2.09. The molecule has 0 atom stereocenters. The summed E-state index contributed by atoms with van der Waals surface area (Å²) >= 11 is 0. The summed E-state index contributed by atoms with van der Waals surface area (Å²) in [5.74, 6) is 0.564. The van der Waals surface area contributed by atoms with Gasteiger partial charge in [0.15, 0.2) is 0 Å². The Balaban J connectivity index is 1.98. The second-order valence-electron chi connectivity index (χ2n) is 4.71. The van der Waals surface area contributed by atoms with Crippen LogP contribution in [0, 0.1) is 6.92 Å². The van der Waals surface area contributed by atoms with Gasteiger partial charge in [0.25, 0.3) is 5.56 Å². The van der Waals surface area contributed by atoms with E-state index < -0.39 is 0 Å². The van der Waals surface area contributed by atoms with Crippen LogP contribution in [0.2, 0.25) is 0 Å². The van der Waals surface area contributed by atoms with E-state index in [1.807, 2.05) is 42.5 Å². The first kappa shape index (κ1) is 12.4. The number of nitrogens with zero attached hydrogens (tertiary/aromatic N) is 1. The molecule has 3 aromatic rings. The van der Waals surface area contributed by atoms with Gasteiger partial charge in [-0.25, -0.2) is 4.98 Å². The Morgan fingerprint density at radius 1 is 1.00 bits per heavy atom. The number of benzene rings is 2. The zero-order chi connectivity index (χ0) is 13.9. The number of hydrogen-bond donors (Lipinski definition) is 1. The summed E-state index contributed by atoms with van der Waals surface area (Å²) in [7, 11) is 0. The summed E-state index contributed by atoms with van der Waals surface area (Å²) in [4.78, 5) is 19.1. The molecule has 0 aliphatic heterocycles. The SMILES string of the molecule is Cc1ccc(/C=C/c2nc3ccccc3c(=O)[nH]2)cc1. The van der Waals surface area contributed by atoms with Gasteiger partial charge in [-0.15, -0.1) is 0 Å². The molecule has 0 fully saturated rings. The zero-order valence-corrected chi connectivity index (χ0v) is 11.1. The van der Waals surface area contributed by atoms with E-state index in [2.05, 4.69) is 29.0 Å². The molecular formula is C17H14N2O. The van der Waals surface area contributed by atoms with Gasteiger partial charge in [0.05, 0.1) is 10.9 Å². The topological polar surface area (TPSA) is 45.8 Å². The Kier molecular flexibility index (Phi) is 3.17. The van der Waals surface area contributed by atoms with Gasteiger partial charge in [-0.05, 0) is 30.7 Å². The van der Waals surface area contributed by atoms with Crippen LogP contribution < -0.4 is 5.56 Å². The highest BCUT2D eigenvalue weighted by atomic mass is 16.1. The van der Waals surface area contributed by atoms with Crippen molar-refractivity contribution in [2.75, 3.05) is 0 Å². The zero-order valence-electron chi connectivity index (χ0n) is 11.1. The molecule has 20 heavy (non-hydrogen) atoms. The second-order valence-corrected chi connectivity index (χ2v) is 4.71. The number of aromatic amines is 1. The van der Waals surface area contributed by atoms with Crippen molar-refractivity contribution in [3.8, 4) is 0 Å². The average Bonchev–Trinajstić information content (AvgIpc) is 2.47. The summed E-state index contributed by atoms with van der Waals surface area (Å²) in [6.07, 6.45) is 3.75. The molecule has 0 amide bonds. The number of H-pyrrole nitrogens is 1. The van der Waals surface area contributed by atoms with E-state index in [9.17, 15) is 4.79 Å². The summed E-state index contributed by atoms with van der Waals surface area (Å²) in [6.45, 7) is 2.05. The number of hydrogen-bond acceptors (Lipinski definition) is 2. The lowest BCUT2D eigenvalue weighted by molar-refractivity contribution is 1.14. The normalized spacial score (nSPS) is 11.2. The molecule has 3 rings (SSSR count). The van der Waals surface area contributed by atoms with Crippen LogP contribution in [0.15, 0.2) is 53.3 Å². The van der Waals surface area contributed by atoms with Crippen molar-refractivity contribution >= 4 is 23.1 Å². The van der Waals surface area contributed by atoms with Gasteiger partial charge in [0.1, 0.15) is 5.82 Å². The maximum atomic E-state index is 11.9. The van der Waals surface area contributed by atoms with Gasteiger partial charge < -0.3 is 4.98 Å². The molecule has 0 spiro atoms. The summed E-state index contributed by atoms with van der Waals surface area (Å²) < 4.78 is 0. The van der Waals surface area contributed by atoms with Gasteiger partial charge in [0, 0.05) is 0 Å². The van der Waals surface area contributed by atoms with Gasteiger partial charge in [-0.3, -0.25) is 4.79 Å². The van der Waals surface area contributed by atoms with Crippen LogP contribution in [0.1, 0.15) is 17.0 Å². The van der Waals surface area contributed by atoms with Crippen molar-refractivity contribution < 1.29 is 0 Å². The fourth-order valence-electron chi connectivity index (χ4n) is 2.04. The fraction of sp³-hybridized carbons (Fsp3) is 0.0588. The first-order valence-corrected chi connectivity index (χ1v) is 6.46. The van der Waals surface area contributed by atoms with Crippen LogP contribution >= 0.6 is 0 Å². The van der Waals surface area contributed by atoms with Crippen molar-refractivity contribution in [1.29, 1.82) is 0 Å². The predicted octanol–water partition coefficient (Wildman–Crippen LogP) is 3.40. The van der Waals surface area contributed by atoms with E-state index in [4.69, 9.17) is 0 Å². The smallest absolute Gasteiger partial charge is 0.259 e. The third kappa shape index (κ3) is 2.52. The number of fused-ring (bicyclic) bond motifs is 1. The van der Waals surface area contributed by atoms with E-state index in [0.717, 1.165) is 5.56 Å². The minimum absolute atomic E-state index is 0.112. The number of rotatable bonds is 2. The van der Waals surface area contributed by atoms with Crippen LogP contribution in [-0.4, -0.2) is 9.97 Å². The Labute approximate surface area is 116 Å². The predicted molar refractivity (Wildman–Crippen MR) is 82.5 cm³/mol. The Bertz CT molecular complexity index is 829. The lowest BCUT2D eigenvalue weighted by Gasteiger charge is -1.99. The molecule has 1 aromatic heterocycles. The molecule has 1 heterocycles. The quantitative estimate of drug-likeness (QED) is 0.769. The molecule has 1 N–H and O–H groups in total. The molecule has 0 radical (unpaired) electrons. The van der Waals surface area contributed by atoms with Crippen molar-refractivity contribution in [3.63, 3.8) is 0 Å². The number of aryl methyl sites for hydroxylation is 1. The standard InChI is InChI=1S/C17H14N2O/c1-12-6-8-13(9-7-12)10-11-16-18-15-5-3-2-4-14(15)17(20)19-16/h2-11H,1H3,(H,18,19,20)/b11-10+. The molecule has 98 valence electrons.